The highest BCUT2D eigenvalue weighted by molar-refractivity contribution is 7.22. The summed E-state index contributed by atoms with van der Waals surface area (Å²) in [6.07, 6.45) is 0. The predicted octanol–water partition coefficient (Wildman–Crippen LogP) is 5.74. The molecule has 1 amide bonds. The van der Waals surface area contributed by atoms with E-state index < -0.39 is 0 Å². The summed E-state index contributed by atoms with van der Waals surface area (Å²) in [6, 6.07) is 22.4. The maximum absolute atomic E-state index is 13.5. The van der Waals surface area contributed by atoms with Gasteiger partial charge < -0.3 is 4.74 Å². The SMILES string of the molecule is CCOc1cccc2sc(N(Cc3ccccc3)C(=O)c3ccc(C(C)=O)cc3)nc12. The fourth-order valence-electron chi connectivity index (χ4n) is 3.29. The molecule has 0 saturated heterocycles. The van der Waals surface area contributed by atoms with Gasteiger partial charge in [0.2, 0.25) is 0 Å². The topological polar surface area (TPSA) is 59.5 Å². The molecule has 1 aromatic heterocycles. The van der Waals surface area contributed by atoms with E-state index in [2.05, 4.69) is 0 Å². The predicted molar refractivity (Wildman–Crippen MR) is 124 cm³/mol. The number of ether oxygens (including phenoxy) is 1. The summed E-state index contributed by atoms with van der Waals surface area (Å²) in [5.41, 5.74) is 2.83. The molecule has 6 heteroatoms. The molecule has 0 saturated carbocycles. The van der Waals surface area contributed by atoms with Gasteiger partial charge in [0.1, 0.15) is 11.3 Å². The number of hydrogen-bond donors (Lipinski definition) is 0. The number of carbonyl (C=O) groups is 2. The number of Topliss-reactive ketones (excluding diaryl/α,β-unsaturated/α-hetero) is 1. The molecule has 156 valence electrons. The van der Waals surface area contributed by atoms with Crippen LogP contribution in [0.15, 0.2) is 72.8 Å². The Labute approximate surface area is 184 Å². The van der Waals surface area contributed by atoms with Gasteiger partial charge in [-0.25, -0.2) is 4.98 Å². The number of nitrogens with zero attached hydrogens (tertiary/aromatic N) is 2. The first-order chi connectivity index (χ1) is 15.1. The Morgan fingerprint density at radius 3 is 2.32 bits per heavy atom. The lowest BCUT2D eigenvalue weighted by molar-refractivity contribution is 0.0981. The van der Waals surface area contributed by atoms with Gasteiger partial charge in [-0.1, -0.05) is 59.9 Å². The summed E-state index contributed by atoms with van der Waals surface area (Å²) in [6.45, 7) is 4.37. The second kappa shape index (κ2) is 9.10. The molecule has 4 rings (SSSR count). The van der Waals surface area contributed by atoms with E-state index in [1.165, 1.54) is 18.3 Å². The zero-order valence-corrected chi connectivity index (χ0v) is 18.2. The fraction of sp³-hybridized carbons (Fsp3) is 0.160. The van der Waals surface area contributed by atoms with Crippen molar-refractivity contribution in [3.63, 3.8) is 0 Å². The Bertz CT molecular complexity index is 1220. The molecule has 1 heterocycles. The number of carbonyl (C=O) groups excluding carboxylic acids is 2. The number of ketones is 1. The lowest BCUT2D eigenvalue weighted by atomic mass is 10.1. The number of amides is 1. The van der Waals surface area contributed by atoms with Gasteiger partial charge in [0.25, 0.3) is 5.91 Å². The summed E-state index contributed by atoms with van der Waals surface area (Å²) in [5.74, 6) is 0.506. The minimum absolute atomic E-state index is 0.0326. The number of rotatable bonds is 7. The van der Waals surface area contributed by atoms with Crippen LogP contribution in [0, 0.1) is 0 Å². The van der Waals surface area contributed by atoms with Crippen LogP contribution in [0.4, 0.5) is 5.13 Å². The van der Waals surface area contributed by atoms with Crippen LogP contribution in [0.2, 0.25) is 0 Å². The van der Waals surface area contributed by atoms with Gasteiger partial charge in [0.05, 0.1) is 17.9 Å². The van der Waals surface area contributed by atoms with Crippen molar-refractivity contribution in [3.8, 4) is 5.75 Å². The summed E-state index contributed by atoms with van der Waals surface area (Å²) in [5, 5.41) is 0.603. The van der Waals surface area contributed by atoms with Crippen LogP contribution < -0.4 is 9.64 Å². The third-order valence-electron chi connectivity index (χ3n) is 4.87. The lowest BCUT2D eigenvalue weighted by Gasteiger charge is -2.20. The first-order valence-corrected chi connectivity index (χ1v) is 10.9. The number of thiazole rings is 1. The van der Waals surface area contributed by atoms with Crippen LogP contribution in [0.5, 0.6) is 5.75 Å². The van der Waals surface area contributed by atoms with Crippen molar-refractivity contribution in [1.82, 2.24) is 4.98 Å². The molecule has 0 atom stereocenters. The third-order valence-corrected chi connectivity index (χ3v) is 5.91. The number of para-hydroxylation sites is 1. The van der Waals surface area contributed by atoms with Gasteiger partial charge in [-0.15, -0.1) is 0 Å². The normalized spacial score (nSPS) is 10.8. The van der Waals surface area contributed by atoms with E-state index in [0.717, 1.165) is 15.8 Å². The monoisotopic (exact) mass is 430 g/mol. The molecule has 0 aliphatic heterocycles. The van der Waals surface area contributed by atoms with Crippen LogP contribution in [-0.2, 0) is 6.54 Å². The largest absolute Gasteiger partial charge is 0.492 e. The number of anilines is 1. The second-order valence-electron chi connectivity index (χ2n) is 7.04. The maximum atomic E-state index is 13.5. The van der Waals surface area contributed by atoms with Crippen molar-refractivity contribution < 1.29 is 14.3 Å². The van der Waals surface area contributed by atoms with E-state index in [4.69, 9.17) is 9.72 Å². The maximum Gasteiger partial charge on any atom is 0.260 e. The van der Waals surface area contributed by atoms with E-state index in [9.17, 15) is 9.59 Å². The second-order valence-corrected chi connectivity index (χ2v) is 8.05. The highest BCUT2D eigenvalue weighted by Gasteiger charge is 2.23. The number of aromatic nitrogens is 1. The molecule has 31 heavy (non-hydrogen) atoms. The molecule has 5 nitrogen and oxygen atoms in total. The van der Waals surface area contributed by atoms with Gasteiger partial charge in [-0.2, -0.15) is 0 Å². The molecule has 0 unspecified atom stereocenters. The van der Waals surface area contributed by atoms with Crippen LogP contribution >= 0.6 is 11.3 Å². The molecule has 0 N–H and O–H groups in total. The van der Waals surface area contributed by atoms with Crippen LogP contribution in [0.3, 0.4) is 0 Å². The number of benzene rings is 3. The Balaban J connectivity index is 1.75. The zero-order chi connectivity index (χ0) is 21.8. The van der Waals surface area contributed by atoms with Crippen molar-refractivity contribution >= 4 is 38.4 Å². The molecule has 0 fully saturated rings. The Kier molecular flexibility index (Phi) is 6.09. The average Bonchev–Trinajstić information content (AvgIpc) is 3.23. The summed E-state index contributed by atoms with van der Waals surface area (Å²) < 4.78 is 6.68. The van der Waals surface area contributed by atoms with Gasteiger partial charge in [-0.3, -0.25) is 14.5 Å². The van der Waals surface area contributed by atoms with Crippen LogP contribution in [-0.4, -0.2) is 23.3 Å². The van der Waals surface area contributed by atoms with Crippen molar-refractivity contribution in [2.75, 3.05) is 11.5 Å². The summed E-state index contributed by atoms with van der Waals surface area (Å²) in [7, 11) is 0. The van der Waals surface area contributed by atoms with Crippen LogP contribution in [0.1, 0.15) is 40.1 Å². The Morgan fingerprint density at radius 1 is 0.935 bits per heavy atom. The molecular formula is C25H22N2O3S. The minimum atomic E-state index is -0.170. The molecule has 0 spiro atoms. The van der Waals surface area contributed by atoms with Crippen molar-refractivity contribution in [3.05, 3.63) is 89.5 Å². The quantitative estimate of drug-likeness (QED) is 0.351. The highest BCUT2D eigenvalue weighted by atomic mass is 32.1. The van der Waals surface area contributed by atoms with E-state index in [-0.39, 0.29) is 11.7 Å². The van der Waals surface area contributed by atoms with Crippen molar-refractivity contribution in [1.29, 1.82) is 0 Å². The zero-order valence-electron chi connectivity index (χ0n) is 17.4. The number of fused-ring (bicyclic) bond motifs is 1. The van der Waals surface area contributed by atoms with E-state index in [0.29, 0.717) is 35.2 Å². The average molecular weight is 431 g/mol. The smallest absolute Gasteiger partial charge is 0.260 e. The minimum Gasteiger partial charge on any atom is -0.492 e. The van der Waals surface area contributed by atoms with Crippen molar-refractivity contribution in [2.24, 2.45) is 0 Å². The summed E-state index contributed by atoms with van der Waals surface area (Å²) in [4.78, 5) is 31.5. The van der Waals surface area contributed by atoms with E-state index in [1.807, 2.05) is 55.5 Å². The molecule has 0 radical (unpaired) electrons. The Hall–Kier alpha value is -3.51. The molecule has 0 aliphatic carbocycles. The van der Waals surface area contributed by atoms with Crippen LogP contribution in [0.25, 0.3) is 10.2 Å². The molecule has 4 aromatic rings. The highest BCUT2D eigenvalue weighted by Crippen LogP contribution is 2.35. The van der Waals surface area contributed by atoms with Gasteiger partial charge in [0, 0.05) is 11.1 Å². The Morgan fingerprint density at radius 2 is 1.65 bits per heavy atom. The molecule has 0 bridgehead atoms. The third kappa shape index (κ3) is 4.49. The standard InChI is InChI=1S/C25H22N2O3S/c1-3-30-21-10-7-11-22-23(21)26-25(31-22)27(16-18-8-5-4-6-9-18)24(29)20-14-12-19(13-15-20)17(2)28/h4-15H,3,16H2,1-2H3. The van der Waals surface area contributed by atoms with Gasteiger partial charge >= 0.3 is 0 Å². The fourth-order valence-corrected chi connectivity index (χ4v) is 4.28. The lowest BCUT2D eigenvalue weighted by Crippen LogP contribution is -2.30. The summed E-state index contributed by atoms with van der Waals surface area (Å²) >= 11 is 1.46. The van der Waals surface area contributed by atoms with Crippen molar-refractivity contribution in [2.45, 2.75) is 20.4 Å². The first kappa shape index (κ1) is 20.8. The van der Waals surface area contributed by atoms with E-state index in [1.54, 1.807) is 29.2 Å². The van der Waals surface area contributed by atoms with Gasteiger partial charge in [0.15, 0.2) is 10.9 Å². The molecule has 0 aliphatic rings. The molecular weight excluding hydrogens is 408 g/mol. The van der Waals surface area contributed by atoms with E-state index >= 15 is 0 Å². The van der Waals surface area contributed by atoms with Gasteiger partial charge in [-0.05, 0) is 43.7 Å². The molecule has 3 aromatic carbocycles. The first-order valence-electron chi connectivity index (χ1n) is 10.1. The number of hydrogen-bond acceptors (Lipinski definition) is 5.